The Morgan fingerprint density at radius 2 is 1.76 bits per heavy atom. The van der Waals surface area contributed by atoms with Crippen LogP contribution in [-0.2, 0) is 10.2 Å². The molecule has 0 fully saturated rings. The van der Waals surface area contributed by atoms with Crippen LogP contribution in [0.5, 0.6) is 0 Å². The summed E-state index contributed by atoms with van der Waals surface area (Å²) in [6, 6.07) is 9.65. The fraction of sp³-hybridized carbons (Fsp3) is 0.588. The molecule has 0 saturated carbocycles. The highest BCUT2D eigenvalue weighted by Crippen LogP contribution is 2.35. The summed E-state index contributed by atoms with van der Waals surface area (Å²) < 4.78 is 0. The number of benzene rings is 1. The largest absolute Gasteiger partial charge is 0.392 e. The summed E-state index contributed by atoms with van der Waals surface area (Å²) in [4.78, 5) is 16.6. The minimum atomic E-state index is -0.885. The Hall–Kier alpha value is -1.39. The zero-order valence-electron chi connectivity index (χ0n) is 13.8. The second kappa shape index (κ2) is 7.57. The second-order valence-corrected chi connectivity index (χ2v) is 6.01. The van der Waals surface area contributed by atoms with Gasteiger partial charge in [0.05, 0.1) is 6.10 Å². The monoisotopic (exact) mass is 292 g/mol. The van der Waals surface area contributed by atoms with Gasteiger partial charge in [-0.2, -0.15) is 0 Å². The maximum absolute atomic E-state index is 12.9. The van der Waals surface area contributed by atoms with Gasteiger partial charge in [-0.05, 0) is 39.0 Å². The molecule has 0 heterocycles. The Morgan fingerprint density at radius 1 is 1.19 bits per heavy atom. The van der Waals surface area contributed by atoms with Crippen LogP contribution in [0.15, 0.2) is 30.3 Å². The summed E-state index contributed by atoms with van der Waals surface area (Å²) >= 11 is 0. The lowest BCUT2D eigenvalue weighted by Crippen LogP contribution is -2.53. The van der Waals surface area contributed by atoms with E-state index in [9.17, 15) is 9.90 Å². The molecule has 2 atom stereocenters. The zero-order chi connectivity index (χ0) is 16.0. The fourth-order valence-electron chi connectivity index (χ4n) is 2.76. The summed E-state index contributed by atoms with van der Waals surface area (Å²) in [6.45, 7) is 2.66. The van der Waals surface area contributed by atoms with Gasteiger partial charge in [0, 0.05) is 14.1 Å². The number of hydrogen-bond donors (Lipinski definition) is 1. The molecule has 1 rings (SSSR count). The summed E-state index contributed by atoms with van der Waals surface area (Å²) in [6.07, 6.45) is 0.438. The van der Waals surface area contributed by atoms with Gasteiger partial charge in [-0.15, -0.1) is 0 Å². The number of hydrogen-bond acceptors (Lipinski definition) is 3. The molecule has 1 amide bonds. The highest BCUT2D eigenvalue weighted by Gasteiger charge is 2.46. The first-order chi connectivity index (χ1) is 9.86. The van der Waals surface area contributed by atoms with Crippen LogP contribution in [0, 0.1) is 0 Å². The van der Waals surface area contributed by atoms with E-state index in [1.54, 1.807) is 19.0 Å². The molecule has 4 heteroatoms. The average molecular weight is 292 g/mol. The lowest BCUT2D eigenvalue weighted by atomic mass is 9.71. The molecule has 2 unspecified atom stereocenters. The highest BCUT2D eigenvalue weighted by molar-refractivity contribution is 5.88. The number of amides is 1. The van der Waals surface area contributed by atoms with E-state index in [-0.39, 0.29) is 5.91 Å². The normalized spacial score (nSPS) is 15.6. The van der Waals surface area contributed by atoms with Crippen molar-refractivity contribution in [2.75, 3.05) is 34.7 Å². The molecule has 21 heavy (non-hydrogen) atoms. The molecule has 0 bridgehead atoms. The van der Waals surface area contributed by atoms with Gasteiger partial charge in [-0.1, -0.05) is 37.3 Å². The van der Waals surface area contributed by atoms with Crippen molar-refractivity contribution in [2.45, 2.75) is 31.3 Å². The minimum absolute atomic E-state index is 0.0371. The first-order valence-corrected chi connectivity index (χ1v) is 7.46. The van der Waals surface area contributed by atoms with Crippen LogP contribution in [-0.4, -0.2) is 61.7 Å². The minimum Gasteiger partial charge on any atom is -0.392 e. The second-order valence-electron chi connectivity index (χ2n) is 6.01. The summed E-state index contributed by atoms with van der Waals surface area (Å²) in [5, 5.41) is 10.7. The fourth-order valence-corrected chi connectivity index (χ4v) is 2.76. The third kappa shape index (κ3) is 3.83. The van der Waals surface area contributed by atoms with Crippen molar-refractivity contribution in [2.24, 2.45) is 0 Å². The summed E-state index contributed by atoms with van der Waals surface area (Å²) in [7, 11) is 7.46. The van der Waals surface area contributed by atoms with Crippen LogP contribution in [0.3, 0.4) is 0 Å². The van der Waals surface area contributed by atoms with Gasteiger partial charge in [-0.3, -0.25) is 4.79 Å². The van der Waals surface area contributed by atoms with Gasteiger partial charge in [0.25, 0.3) is 0 Å². The third-order valence-electron chi connectivity index (χ3n) is 3.99. The van der Waals surface area contributed by atoms with Crippen LogP contribution < -0.4 is 0 Å². The van der Waals surface area contributed by atoms with Crippen molar-refractivity contribution >= 4 is 5.91 Å². The molecule has 0 aliphatic rings. The number of nitrogens with zero attached hydrogens (tertiary/aromatic N) is 2. The van der Waals surface area contributed by atoms with E-state index in [4.69, 9.17) is 0 Å². The van der Waals surface area contributed by atoms with E-state index in [2.05, 4.69) is 0 Å². The number of likely N-dealkylation sites (N-methyl/N-ethyl adjacent to an activating group) is 1. The van der Waals surface area contributed by atoms with Gasteiger partial charge >= 0.3 is 0 Å². The van der Waals surface area contributed by atoms with E-state index in [1.807, 2.05) is 56.3 Å². The highest BCUT2D eigenvalue weighted by atomic mass is 16.3. The Balaban J connectivity index is 3.37. The topological polar surface area (TPSA) is 43.8 Å². The Morgan fingerprint density at radius 3 is 2.19 bits per heavy atom. The zero-order valence-corrected chi connectivity index (χ0v) is 13.8. The Labute approximate surface area is 128 Å². The standard InChI is InChI=1S/C17H28N2O2/c1-6-15(20)17(12-13-18(2)3,16(21)19(4)5)14-10-8-7-9-11-14/h7-11,15,20H,6,12-13H2,1-5H3. The first kappa shape index (κ1) is 17.7. The number of carbonyl (C=O) groups excluding carboxylic acids is 1. The quantitative estimate of drug-likeness (QED) is 0.832. The lowest BCUT2D eigenvalue weighted by Gasteiger charge is -2.39. The van der Waals surface area contributed by atoms with Crippen LogP contribution in [0.2, 0.25) is 0 Å². The van der Waals surface area contributed by atoms with Gasteiger partial charge in [0.2, 0.25) is 5.91 Å². The van der Waals surface area contributed by atoms with Crippen LogP contribution >= 0.6 is 0 Å². The molecular formula is C17H28N2O2. The Bertz CT molecular complexity index is 445. The van der Waals surface area contributed by atoms with Gasteiger partial charge in [0.15, 0.2) is 0 Å². The van der Waals surface area contributed by atoms with Crippen molar-refractivity contribution in [3.63, 3.8) is 0 Å². The molecule has 118 valence electrons. The van der Waals surface area contributed by atoms with Crippen LogP contribution in [0.4, 0.5) is 0 Å². The molecule has 0 aliphatic carbocycles. The van der Waals surface area contributed by atoms with Gasteiger partial charge in [0.1, 0.15) is 5.41 Å². The summed E-state index contributed by atoms with van der Waals surface area (Å²) in [5.41, 5.74) is 0.00366. The first-order valence-electron chi connectivity index (χ1n) is 7.46. The number of rotatable bonds is 7. The number of aliphatic hydroxyl groups excluding tert-OH is 1. The molecule has 1 aromatic rings. The van der Waals surface area contributed by atoms with E-state index >= 15 is 0 Å². The lowest BCUT2D eigenvalue weighted by molar-refractivity contribution is -0.140. The predicted octanol–water partition coefficient (Wildman–Crippen LogP) is 1.74. The summed E-state index contributed by atoms with van der Waals surface area (Å²) in [5.74, 6) is -0.0371. The van der Waals surface area contributed by atoms with Gasteiger partial charge < -0.3 is 14.9 Å². The smallest absolute Gasteiger partial charge is 0.235 e. The molecule has 0 spiro atoms. The molecule has 4 nitrogen and oxygen atoms in total. The molecular weight excluding hydrogens is 264 g/mol. The maximum atomic E-state index is 12.9. The maximum Gasteiger partial charge on any atom is 0.235 e. The van der Waals surface area contributed by atoms with Crippen molar-refractivity contribution in [3.05, 3.63) is 35.9 Å². The average Bonchev–Trinajstić information content (AvgIpc) is 2.47. The van der Waals surface area contributed by atoms with E-state index in [1.165, 1.54) is 0 Å². The molecule has 0 aromatic heterocycles. The third-order valence-corrected chi connectivity index (χ3v) is 3.99. The molecule has 0 saturated heterocycles. The molecule has 0 radical (unpaired) electrons. The molecule has 0 aliphatic heterocycles. The van der Waals surface area contributed by atoms with Gasteiger partial charge in [-0.25, -0.2) is 0 Å². The van der Waals surface area contributed by atoms with Crippen molar-refractivity contribution in [1.82, 2.24) is 9.80 Å². The van der Waals surface area contributed by atoms with Crippen LogP contribution in [0.25, 0.3) is 0 Å². The molecule has 1 aromatic carbocycles. The number of carbonyl (C=O) groups is 1. The Kier molecular flexibility index (Phi) is 6.37. The SMILES string of the molecule is CCC(O)C(CCN(C)C)(C(=O)N(C)C)c1ccccc1. The van der Waals surface area contributed by atoms with Crippen molar-refractivity contribution in [1.29, 1.82) is 0 Å². The van der Waals surface area contributed by atoms with Crippen LogP contribution in [0.1, 0.15) is 25.3 Å². The van der Waals surface area contributed by atoms with E-state index in [0.29, 0.717) is 12.8 Å². The van der Waals surface area contributed by atoms with Crippen molar-refractivity contribution in [3.8, 4) is 0 Å². The predicted molar refractivity (Wildman–Crippen MR) is 86.3 cm³/mol. The molecule has 1 N–H and O–H groups in total. The number of aliphatic hydroxyl groups is 1. The van der Waals surface area contributed by atoms with E-state index in [0.717, 1.165) is 12.1 Å². The van der Waals surface area contributed by atoms with Crippen molar-refractivity contribution < 1.29 is 9.90 Å². The van der Waals surface area contributed by atoms with E-state index < -0.39 is 11.5 Å².